The van der Waals surface area contributed by atoms with Crippen molar-refractivity contribution in [3.8, 4) is 0 Å². The van der Waals surface area contributed by atoms with E-state index in [1.54, 1.807) is 6.21 Å². The molecule has 2 heterocycles. The van der Waals surface area contributed by atoms with E-state index in [0.717, 1.165) is 60.3 Å². The van der Waals surface area contributed by atoms with Crippen LogP contribution in [-0.4, -0.2) is 34.9 Å². The lowest BCUT2D eigenvalue weighted by molar-refractivity contribution is -0.140. The van der Waals surface area contributed by atoms with Crippen molar-refractivity contribution >= 4 is 46.3 Å². The summed E-state index contributed by atoms with van der Waals surface area (Å²) in [7, 11) is 0. The van der Waals surface area contributed by atoms with Crippen LogP contribution in [0.1, 0.15) is 62.3 Å². The zero-order valence-electron chi connectivity index (χ0n) is 28.9. The van der Waals surface area contributed by atoms with Crippen LogP contribution in [0.15, 0.2) is 145 Å². The predicted molar refractivity (Wildman–Crippen MR) is 203 cm³/mol. The van der Waals surface area contributed by atoms with Gasteiger partial charge in [-0.15, -0.1) is 0 Å². The second-order valence-electron chi connectivity index (χ2n) is 15.5. The highest BCUT2D eigenvalue weighted by molar-refractivity contribution is 6.27. The molecule has 14 rings (SSSR count). The Bertz CT molecular complexity index is 2580. The first-order valence-corrected chi connectivity index (χ1v) is 18.7. The average Bonchev–Trinajstić information content (AvgIpc) is 3.64. The first-order chi connectivity index (χ1) is 26.5. The number of hydrogen-bond donors (Lipinski definition) is 0. The molecule has 0 N–H and O–H groups in total. The van der Waals surface area contributed by atoms with E-state index >= 15 is 4.79 Å². The summed E-state index contributed by atoms with van der Waals surface area (Å²) >= 11 is 0. The average molecular weight is 702 g/mol. The molecule has 7 heteroatoms. The van der Waals surface area contributed by atoms with Crippen molar-refractivity contribution in [1.82, 2.24) is 5.01 Å². The van der Waals surface area contributed by atoms with Crippen LogP contribution in [0.2, 0.25) is 0 Å². The predicted octanol–water partition coefficient (Wildman–Crippen LogP) is 7.27. The van der Waals surface area contributed by atoms with E-state index in [9.17, 15) is 14.4 Å². The van der Waals surface area contributed by atoms with Crippen LogP contribution in [0.4, 0.5) is 5.69 Å². The molecule has 0 saturated carbocycles. The first kappa shape index (κ1) is 30.0. The minimum absolute atomic E-state index is 0.250. The Morgan fingerprint density at radius 2 is 0.926 bits per heavy atom. The lowest BCUT2D eigenvalue weighted by atomic mass is 9.47. The Kier molecular flexibility index (Phi) is 5.76. The molecule has 6 aliphatic carbocycles. The van der Waals surface area contributed by atoms with Crippen LogP contribution < -0.4 is 4.90 Å². The summed E-state index contributed by atoms with van der Waals surface area (Å²) in [6.07, 6.45) is 1.67. The minimum Gasteiger partial charge on any atom is -0.274 e. The summed E-state index contributed by atoms with van der Waals surface area (Å²) < 4.78 is 0. The van der Waals surface area contributed by atoms with Gasteiger partial charge in [-0.1, -0.05) is 133 Å². The van der Waals surface area contributed by atoms with Gasteiger partial charge in [0, 0.05) is 29.4 Å². The van der Waals surface area contributed by atoms with E-state index in [4.69, 9.17) is 5.10 Å². The third kappa shape index (κ3) is 3.42. The minimum atomic E-state index is -1.22. The van der Waals surface area contributed by atoms with Crippen molar-refractivity contribution in [3.05, 3.63) is 184 Å². The number of benzene rings is 6. The zero-order valence-corrected chi connectivity index (χ0v) is 28.9. The molecule has 8 aliphatic rings. The number of hydrogen-bond acceptors (Lipinski definition) is 5. The van der Waals surface area contributed by atoms with Crippen LogP contribution in [0.25, 0.3) is 10.8 Å². The number of rotatable bonds is 3. The molecule has 2 aliphatic heterocycles. The second-order valence-corrected chi connectivity index (χ2v) is 15.5. The summed E-state index contributed by atoms with van der Waals surface area (Å²) in [6.45, 7) is 0. The number of amides is 4. The first-order valence-electron chi connectivity index (χ1n) is 18.7. The normalized spacial score (nSPS) is 29.4. The number of nitrogens with zero attached hydrogens (tertiary/aromatic N) is 3. The summed E-state index contributed by atoms with van der Waals surface area (Å²) in [5.74, 6) is -4.82. The molecule has 258 valence electrons. The van der Waals surface area contributed by atoms with Gasteiger partial charge in [0.25, 0.3) is 11.8 Å². The summed E-state index contributed by atoms with van der Waals surface area (Å²) in [4.78, 5) is 60.9. The maximum absolute atomic E-state index is 15.2. The van der Waals surface area contributed by atoms with Gasteiger partial charge in [-0.05, 0) is 56.0 Å². The maximum Gasteiger partial charge on any atom is 0.254 e. The van der Waals surface area contributed by atoms with E-state index in [0.29, 0.717) is 5.69 Å². The molecule has 7 nitrogen and oxygen atoms in total. The van der Waals surface area contributed by atoms with E-state index < -0.39 is 29.1 Å². The molecule has 4 bridgehead atoms. The van der Waals surface area contributed by atoms with E-state index in [2.05, 4.69) is 24.3 Å². The van der Waals surface area contributed by atoms with Gasteiger partial charge < -0.3 is 0 Å². The van der Waals surface area contributed by atoms with Crippen molar-refractivity contribution in [2.24, 2.45) is 28.8 Å². The molecule has 0 aromatic heterocycles. The van der Waals surface area contributed by atoms with Gasteiger partial charge in [0.2, 0.25) is 11.8 Å². The Morgan fingerprint density at radius 3 is 1.50 bits per heavy atom. The highest BCUT2D eigenvalue weighted by Gasteiger charge is 2.69. The Balaban J connectivity index is 1.04. The fourth-order valence-corrected chi connectivity index (χ4v) is 11.6. The van der Waals surface area contributed by atoms with Crippen molar-refractivity contribution in [2.75, 3.05) is 4.90 Å². The van der Waals surface area contributed by atoms with Crippen LogP contribution in [-0.2, 0) is 24.6 Å². The van der Waals surface area contributed by atoms with Crippen LogP contribution in [0.5, 0.6) is 0 Å². The molecule has 4 atom stereocenters. The van der Waals surface area contributed by atoms with Crippen LogP contribution in [0.3, 0.4) is 0 Å². The van der Waals surface area contributed by atoms with E-state index in [-0.39, 0.29) is 41.4 Å². The summed E-state index contributed by atoms with van der Waals surface area (Å²) in [5, 5.41) is 7.76. The molecule has 0 unspecified atom stereocenters. The number of carbonyl (C=O) groups is 4. The molecule has 0 radical (unpaired) electrons. The molecule has 4 amide bonds. The summed E-state index contributed by atoms with van der Waals surface area (Å²) in [5.41, 5.74) is 7.36. The van der Waals surface area contributed by atoms with Gasteiger partial charge in [-0.25, -0.2) is 4.90 Å². The van der Waals surface area contributed by atoms with E-state index in [1.807, 2.05) is 115 Å². The van der Waals surface area contributed by atoms with Gasteiger partial charge in [0.15, 0.2) is 0 Å². The number of anilines is 1. The number of fused-ring (bicyclic) bond motifs is 1. The second kappa shape index (κ2) is 10.4. The smallest absolute Gasteiger partial charge is 0.254 e. The maximum atomic E-state index is 15.2. The van der Waals surface area contributed by atoms with Gasteiger partial charge in [-0.3, -0.25) is 19.2 Å². The number of imide groups is 2. The Morgan fingerprint density at radius 1 is 0.463 bits per heavy atom. The molecule has 54 heavy (non-hydrogen) atoms. The molecular formula is C47H31N3O4. The molecular weight excluding hydrogens is 671 g/mol. The monoisotopic (exact) mass is 701 g/mol. The van der Waals surface area contributed by atoms with Crippen molar-refractivity contribution in [1.29, 1.82) is 0 Å². The van der Waals surface area contributed by atoms with Gasteiger partial charge >= 0.3 is 0 Å². The Labute approximate surface area is 310 Å². The van der Waals surface area contributed by atoms with Gasteiger partial charge in [0.05, 0.1) is 34.8 Å². The molecule has 2 saturated heterocycles. The fourth-order valence-electron chi connectivity index (χ4n) is 11.6. The van der Waals surface area contributed by atoms with Crippen molar-refractivity contribution in [2.45, 2.75) is 23.2 Å². The molecule has 2 fully saturated rings. The molecule has 6 aromatic carbocycles. The standard InChI is InChI=1S/C47H31N3O4/c51-43-41-38-31-19-7-9-21-33(31)47(34-22-10-8-20-32(34)38,42(41)46(54)49(43)35-23-11-13-25-12-1-2-14-26(25)35)24-48-50-44(52)39-36-27-15-3-4-16-28(27)37(40(39)45(50)53)30-18-6-5-17-29(30)36/h1-24,36-42H/b48-24-/t36?,37?,38?,39-,40+,41-,42-,47?/m0/s1. The van der Waals surface area contributed by atoms with Crippen LogP contribution >= 0.6 is 0 Å². The third-order valence-electron chi connectivity index (χ3n) is 13.5. The fraction of sp³-hybridized carbons (Fsp3) is 0.170. The largest absolute Gasteiger partial charge is 0.274 e. The third-order valence-corrected chi connectivity index (χ3v) is 13.5. The highest BCUT2D eigenvalue weighted by atomic mass is 16.2. The summed E-state index contributed by atoms with van der Waals surface area (Å²) in [6, 6.07) is 45.7. The zero-order chi connectivity index (χ0) is 36.0. The van der Waals surface area contributed by atoms with Gasteiger partial charge in [-0.2, -0.15) is 10.1 Å². The van der Waals surface area contributed by atoms with Crippen LogP contribution in [0, 0.1) is 23.7 Å². The Hall–Kier alpha value is -6.47. The SMILES string of the molecule is O=C1[C@@H]2C3c4ccccc4C(c4ccccc43)[C@@H]2C(=O)N1/N=C\C12c3ccccc3C(c3ccccc31)[C@@H]1C(=O)N(c3cccc4ccccc34)C(=O)[C@H]12. The van der Waals surface area contributed by atoms with Crippen molar-refractivity contribution < 1.29 is 19.2 Å². The number of carbonyl (C=O) groups excluding carboxylic acids is 4. The topological polar surface area (TPSA) is 87.1 Å². The lowest BCUT2D eigenvalue weighted by Gasteiger charge is -2.52. The number of hydrazone groups is 1. The lowest BCUT2D eigenvalue weighted by Crippen LogP contribution is -2.55. The highest BCUT2D eigenvalue weighted by Crippen LogP contribution is 2.65. The molecule has 0 spiro atoms. The molecule has 6 aromatic rings. The van der Waals surface area contributed by atoms with Gasteiger partial charge in [0.1, 0.15) is 0 Å². The quantitative estimate of drug-likeness (QED) is 0.144. The van der Waals surface area contributed by atoms with Crippen molar-refractivity contribution in [3.63, 3.8) is 0 Å². The van der Waals surface area contributed by atoms with E-state index in [1.165, 1.54) is 4.90 Å².